The second kappa shape index (κ2) is 10.5. The number of carbonyl (C=O) groups excluding carboxylic acids is 1. The van der Waals surface area contributed by atoms with Gasteiger partial charge in [-0.2, -0.15) is 0 Å². The largest absolute Gasteiger partial charge is 0.489 e. The molecule has 0 saturated heterocycles. The minimum absolute atomic E-state index is 0.265. The maximum atomic E-state index is 12.1. The van der Waals surface area contributed by atoms with Crippen LogP contribution in [-0.2, 0) is 16.1 Å². The number of benzene rings is 2. The second-order valence-electron chi connectivity index (χ2n) is 5.94. The fraction of sp³-hybridized carbons (Fsp3) is 0.381. The van der Waals surface area contributed by atoms with Gasteiger partial charge in [-0.1, -0.05) is 43.7 Å². The van der Waals surface area contributed by atoms with Gasteiger partial charge in [0.25, 0.3) is 0 Å². The van der Waals surface area contributed by atoms with E-state index in [0.717, 1.165) is 24.2 Å². The van der Waals surface area contributed by atoms with E-state index < -0.39 is 0 Å². The van der Waals surface area contributed by atoms with Gasteiger partial charge in [0.05, 0.1) is 12.2 Å². The van der Waals surface area contributed by atoms with E-state index in [-0.39, 0.29) is 12.1 Å². The molecule has 1 atom stereocenters. The summed E-state index contributed by atoms with van der Waals surface area (Å²) < 4.78 is 16.6. The molecule has 2 aromatic rings. The average molecular weight is 342 g/mol. The maximum absolute atomic E-state index is 12.1. The Morgan fingerprint density at radius 3 is 2.44 bits per heavy atom. The van der Waals surface area contributed by atoms with Crippen molar-refractivity contribution in [3.63, 3.8) is 0 Å². The van der Waals surface area contributed by atoms with Gasteiger partial charge in [-0.15, -0.1) is 0 Å². The number of hydrogen-bond donors (Lipinski definition) is 0. The third-order valence-electron chi connectivity index (χ3n) is 3.64. The van der Waals surface area contributed by atoms with Crippen LogP contribution in [0.25, 0.3) is 0 Å². The van der Waals surface area contributed by atoms with Crippen LogP contribution < -0.4 is 4.74 Å². The number of unbranched alkanes of at least 4 members (excludes halogenated alkanes) is 1. The molecule has 0 amide bonds. The Morgan fingerprint density at radius 2 is 1.76 bits per heavy atom. The molecule has 2 aromatic carbocycles. The van der Waals surface area contributed by atoms with Crippen LogP contribution in [0.5, 0.6) is 5.75 Å². The van der Waals surface area contributed by atoms with Gasteiger partial charge in [-0.05, 0) is 43.2 Å². The lowest BCUT2D eigenvalue weighted by Gasteiger charge is -2.14. The van der Waals surface area contributed by atoms with Gasteiger partial charge >= 0.3 is 5.97 Å². The summed E-state index contributed by atoms with van der Waals surface area (Å²) in [7, 11) is 0. The molecule has 4 nitrogen and oxygen atoms in total. The quantitative estimate of drug-likeness (QED) is 0.466. The van der Waals surface area contributed by atoms with Crippen molar-refractivity contribution < 1.29 is 19.0 Å². The molecule has 0 aromatic heterocycles. The molecule has 0 heterocycles. The molecule has 0 radical (unpaired) electrons. The van der Waals surface area contributed by atoms with Gasteiger partial charge < -0.3 is 14.2 Å². The molecule has 0 bridgehead atoms. The molecule has 0 aliphatic carbocycles. The molecule has 25 heavy (non-hydrogen) atoms. The van der Waals surface area contributed by atoms with E-state index in [0.29, 0.717) is 25.4 Å². The third kappa shape index (κ3) is 6.98. The molecule has 0 saturated carbocycles. The minimum atomic E-state index is -0.346. The first kappa shape index (κ1) is 19.0. The Hall–Kier alpha value is -2.33. The molecular formula is C21H26O4. The van der Waals surface area contributed by atoms with Crippen LogP contribution in [0.15, 0.2) is 54.6 Å². The van der Waals surface area contributed by atoms with Crippen LogP contribution in [0.2, 0.25) is 0 Å². The molecule has 0 N–H and O–H groups in total. The summed E-state index contributed by atoms with van der Waals surface area (Å²) in [5.41, 5.74) is 1.61. The fourth-order valence-electron chi connectivity index (χ4n) is 2.21. The van der Waals surface area contributed by atoms with Crippen LogP contribution in [0.4, 0.5) is 0 Å². The summed E-state index contributed by atoms with van der Waals surface area (Å²) in [6.07, 6.45) is 1.84. The molecule has 0 fully saturated rings. The van der Waals surface area contributed by atoms with Crippen molar-refractivity contribution in [2.45, 2.75) is 39.4 Å². The molecule has 2 rings (SSSR count). The van der Waals surface area contributed by atoms with E-state index in [1.165, 1.54) is 0 Å². The Labute approximate surface area is 149 Å². The number of hydrogen-bond acceptors (Lipinski definition) is 4. The zero-order valence-electron chi connectivity index (χ0n) is 14.9. The maximum Gasteiger partial charge on any atom is 0.338 e. The second-order valence-corrected chi connectivity index (χ2v) is 5.94. The highest BCUT2D eigenvalue weighted by atomic mass is 16.6. The highest BCUT2D eigenvalue weighted by Gasteiger charge is 2.12. The molecule has 134 valence electrons. The van der Waals surface area contributed by atoms with E-state index >= 15 is 0 Å². The third-order valence-corrected chi connectivity index (χ3v) is 3.64. The minimum Gasteiger partial charge on any atom is -0.489 e. The smallest absolute Gasteiger partial charge is 0.338 e. The first-order valence-corrected chi connectivity index (χ1v) is 8.74. The average Bonchev–Trinajstić information content (AvgIpc) is 2.65. The topological polar surface area (TPSA) is 44.8 Å². The molecular weight excluding hydrogens is 316 g/mol. The first-order valence-electron chi connectivity index (χ1n) is 8.74. The molecule has 0 unspecified atom stereocenters. The molecule has 4 heteroatoms. The highest BCUT2D eigenvalue weighted by molar-refractivity contribution is 5.89. The van der Waals surface area contributed by atoms with Crippen molar-refractivity contribution in [3.8, 4) is 5.75 Å². The Balaban J connectivity index is 1.77. The van der Waals surface area contributed by atoms with Crippen LogP contribution in [0.1, 0.15) is 42.6 Å². The summed E-state index contributed by atoms with van der Waals surface area (Å²) >= 11 is 0. The van der Waals surface area contributed by atoms with Crippen LogP contribution in [0.3, 0.4) is 0 Å². The molecule has 0 spiro atoms. The fourth-order valence-corrected chi connectivity index (χ4v) is 2.21. The Morgan fingerprint density at radius 1 is 1.04 bits per heavy atom. The Kier molecular flexibility index (Phi) is 7.99. The van der Waals surface area contributed by atoms with Gasteiger partial charge in [0.2, 0.25) is 0 Å². The standard InChI is InChI=1S/C21H26O4/c1-3-4-14-23-15-17(2)25-21(22)19-10-12-20(13-11-19)24-16-18-8-6-5-7-9-18/h5-13,17H,3-4,14-16H2,1-2H3/t17-/m1/s1. The lowest BCUT2D eigenvalue weighted by molar-refractivity contribution is 0.00169. The lowest BCUT2D eigenvalue weighted by atomic mass is 10.2. The zero-order chi connectivity index (χ0) is 17.9. The van der Waals surface area contributed by atoms with E-state index in [9.17, 15) is 4.79 Å². The summed E-state index contributed by atoms with van der Waals surface area (Å²) in [4.78, 5) is 12.1. The summed E-state index contributed by atoms with van der Waals surface area (Å²) in [5, 5.41) is 0. The number of rotatable bonds is 10. The van der Waals surface area contributed by atoms with Crippen LogP contribution in [-0.4, -0.2) is 25.3 Å². The SMILES string of the molecule is CCCCOC[C@@H](C)OC(=O)c1ccc(OCc2ccccc2)cc1. The van der Waals surface area contributed by atoms with Crippen LogP contribution in [0, 0.1) is 0 Å². The van der Waals surface area contributed by atoms with Gasteiger partial charge in [0.1, 0.15) is 18.5 Å². The van der Waals surface area contributed by atoms with Crippen LogP contribution >= 0.6 is 0 Å². The van der Waals surface area contributed by atoms with Gasteiger partial charge in [0.15, 0.2) is 0 Å². The predicted octanol–water partition coefficient (Wildman–Crippen LogP) is 4.63. The molecule has 0 aliphatic rings. The Bertz CT molecular complexity index is 622. The van der Waals surface area contributed by atoms with E-state index in [2.05, 4.69) is 6.92 Å². The van der Waals surface area contributed by atoms with Crippen molar-refractivity contribution in [1.82, 2.24) is 0 Å². The van der Waals surface area contributed by atoms with Crippen molar-refractivity contribution in [3.05, 3.63) is 65.7 Å². The number of carbonyl (C=O) groups is 1. The first-order chi connectivity index (χ1) is 12.2. The molecule has 0 aliphatic heterocycles. The summed E-state index contributed by atoms with van der Waals surface area (Å²) in [5.74, 6) is 0.373. The number of esters is 1. The van der Waals surface area contributed by atoms with Crippen molar-refractivity contribution in [2.24, 2.45) is 0 Å². The van der Waals surface area contributed by atoms with E-state index in [1.54, 1.807) is 24.3 Å². The van der Waals surface area contributed by atoms with Gasteiger partial charge in [-0.3, -0.25) is 0 Å². The van der Waals surface area contributed by atoms with E-state index in [4.69, 9.17) is 14.2 Å². The van der Waals surface area contributed by atoms with Crippen molar-refractivity contribution in [1.29, 1.82) is 0 Å². The lowest BCUT2D eigenvalue weighted by Crippen LogP contribution is -2.20. The normalized spacial score (nSPS) is 11.8. The predicted molar refractivity (Wildman–Crippen MR) is 97.8 cm³/mol. The zero-order valence-corrected chi connectivity index (χ0v) is 14.9. The van der Waals surface area contributed by atoms with Gasteiger partial charge in [0, 0.05) is 6.61 Å². The summed E-state index contributed by atoms with van der Waals surface area (Å²) in [6, 6.07) is 16.9. The summed E-state index contributed by atoms with van der Waals surface area (Å²) in [6.45, 7) is 5.56. The number of ether oxygens (including phenoxy) is 3. The van der Waals surface area contributed by atoms with Crippen molar-refractivity contribution in [2.75, 3.05) is 13.2 Å². The van der Waals surface area contributed by atoms with Crippen molar-refractivity contribution >= 4 is 5.97 Å². The highest BCUT2D eigenvalue weighted by Crippen LogP contribution is 2.15. The monoisotopic (exact) mass is 342 g/mol. The van der Waals surface area contributed by atoms with Gasteiger partial charge in [-0.25, -0.2) is 4.79 Å². The van der Waals surface area contributed by atoms with E-state index in [1.807, 2.05) is 37.3 Å².